The minimum absolute atomic E-state index is 0.0522. The van der Waals surface area contributed by atoms with Crippen LogP contribution >= 0.6 is 11.6 Å². The molecule has 0 spiro atoms. The van der Waals surface area contributed by atoms with Crippen molar-refractivity contribution >= 4 is 23.2 Å². The van der Waals surface area contributed by atoms with E-state index >= 15 is 0 Å². The number of carbonyl (C=O) groups is 1. The summed E-state index contributed by atoms with van der Waals surface area (Å²) in [7, 11) is 0. The van der Waals surface area contributed by atoms with Crippen molar-refractivity contribution in [2.75, 3.05) is 31.1 Å². The molecule has 1 aliphatic rings. The number of nitrogens with zero attached hydrogens (tertiary/aromatic N) is 2. The lowest BCUT2D eigenvalue weighted by atomic mass is 10.1. The van der Waals surface area contributed by atoms with Crippen molar-refractivity contribution < 1.29 is 9.53 Å². The average Bonchev–Trinajstić information content (AvgIpc) is 2.69. The maximum atomic E-state index is 13.0. The van der Waals surface area contributed by atoms with E-state index in [4.69, 9.17) is 16.3 Å². The number of anilines is 1. The quantitative estimate of drug-likeness (QED) is 0.740. The van der Waals surface area contributed by atoms with Gasteiger partial charge >= 0.3 is 0 Å². The molecule has 1 heterocycles. The molecule has 0 aromatic heterocycles. The van der Waals surface area contributed by atoms with Gasteiger partial charge in [0.2, 0.25) is 0 Å². The molecule has 1 amide bonds. The first kappa shape index (κ1) is 19.7. The molecule has 5 heteroatoms. The second-order valence-corrected chi connectivity index (χ2v) is 7.53. The van der Waals surface area contributed by atoms with Crippen LogP contribution in [0, 0.1) is 0 Å². The molecule has 2 aromatic carbocycles. The van der Waals surface area contributed by atoms with Crippen LogP contribution in [0.1, 0.15) is 42.8 Å². The Morgan fingerprint density at radius 2 is 1.85 bits per heavy atom. The van der Waals surface area contributed by atoms with Crippen LogP contribution in [0.4, 0.5) is 5.69 Å². The zero-order valence-electron chi connectivity index (χ0n) is 16.2. The molecule has 27 heavy (non-hydrogen) atoms. The smallest absolute Gasteiger partial charge is 0.254 e. The van der Waals surface area contributed by atoms with Gasteiger partial charge in [0.1, 0.15) is 6.10 Å². The number of hydrogen-bond acceptors (Lipinski definition) is 3. The number of amides is 1. The molecule has 0 bridgehead atoms. The summed E-state index contributed by atoms with van der Waals surface area (Å²) in [5.41, 5.74) is 2.91. The molecule has 1 aliphatic heterocycles. The van der Waals surface area contributed by atoms with Crippen LogP contribution in [0.3, 0.4) is 0 Å². The third kappa shape index (κ3) is 4.63. The van der Waals surface area contributed by atoms with Crippen LogP contribution in [0.2, 0.25) is 5.02 Å². The topological polar surface area (TPSA) is 32.8 Å². The highest BCUT2D eigenvalue weighted by Gasteiger charge is 2.26. The van der Waals surface area contributed by atoms with Gasteiger partial charge in [0.05, 0.1) is 13.2 Å². The van der Waals surface area contributed by atoms with E-state index < -0.39 is 0 Å². The molecular formula is C22H27ClN2O2. The van der Waals surface area contributed by atoms with Gasteiger partial charge in [-0.1, -0.05) is 23.7 Å². The first-order valence-corrected chi connectivity index (χ1v) is 9.90. The molecule has 0 N–H and O–H groups in total. The summed E-state index contributed by atoms with van der Waals surface area (Å²) in [6, 6.07) is 16.0. The molecule has 1 atom stereocenters. The Labute approximate surface area is 166 Å². The fourth-order valence-corrected chi connectivity index (χ4v) is 3.66. The minimum atomic E-state index is -0.115. The Morgan fingerprint density at radius 3 is 2.44 bits per heavy atom. The summed E-state index contributed by atoms with van der Waals surface area (Å²) >= 11 is 5.97. The Hall–Kier alpha value is -2.04. The van der Waals surface area contributed by atoms with E-state index in [2.05, 4.69) is 25.7 Å². The first-order chi connectivity index (χ1) is 13.0. The number of benzene rings is 2. The van der Waals surface area contributed by atoms with Gasteiger partial charge in [-0.3, -0.25) is 4.79 Å². The SMILES string of the molecule is CCN(c1ccc(C(=O)N2CCOC(c3ccc(Cl)cc3)C2)cc1)C(C)C. The monoisotopic (exact) mass is 386 g/mol. The van der Waals surface area contributed by atoms with Crippen molar-refractivity contribution in [2.45, 2.75) is 32.9 Å². The van der Waals surface area contributed by atoms with Crippen LogP contribution in [0.15, 0.2) is 48.5 Å². The van der Waals surface area contributed by atoms with Crippen molar-refractivity contribution in [1.82, 2.24) is 4.90 Å². The highest BCUT2D eigenvalue weighted by molar-refractivity contribution is 6.30. The molecule has 0 aliphatic carbocycles. The number of halogens is 1. The standard InChI is InChI=1S/C22H27ClN2O2/c1-4-25(16(2)3)20-11-7-18(8-12-20)22(26)24-13-14-27-21(15-24)17-5-9-19(23)10-6-17/h5-12,16,21H,4,13-15H2,1-3H3. The fourth-order valence-electron chi connectivity index (χ4n) is 3.54. The lowest BCUT2D eigenvalue weighted by Crippen LogP contribution is -2.42. The number of hydrogen-bond donors (Lipinski definition) is 0. The third-order valence-corrected chi connectivity index (χ3v) is 5.26. The van der Waals surface area contributed by atoms with Crippen molar-refractivity contribution in [3.63, 3.8) is 0 Å². The maximum Gasteiger partial charge on any atom is 0.254 e. The summed E-state index contributed by atoms with van der Waals surface area (Å²) in [4.78, 5) is 17.1. The van der Waals surface area contributed by atoms with Gasteiger partial charge < -0.3 is 14.5 Å². The van der Waals surface area contributed by atoms with Gasteiger partial charge in [0.15, 0.2) is 0 Å². The molecular weight excluding hydrogens is 360 g/mol. The molecule has 1 fully saturated rings. The largest absolute Gasteiger partial charge is 0.370 e. The molecule has 0 saturated carbocycles. The van der Waals surface area contributed by atoms with Crippen LogP contribution in [-0.4, -0.2) is 43.1 Å². The lowest BCUT2D eigenvalue weighted by molar-refractivity contribution is -0.0228. The Kier molecular flexibility index (Phi) is 6.40. The zero-order valence-corrected chi connectivity index (χ0v) is 16.9. The van der Waals surface area contributed by atoms with Gasteiger partial charge in [-0.15, -0.1) is 0 Å². The summed E-state index contributed by atoms with van der Waals surface area (Å²) in [5.74, 6) is 0.0522. The lowest BCUT2D eigenvalue weighted by Gasteiger charge is -2.33. The summed E-state index contributed by atoms with van der Waals surface area (Å²) < 4.78 is 5.87. The van der Waals surface area contributed by atoms with E-state index in [1.807, 2.05) is 53.4 Å². The Bertz CT molecular complexity index is 759. The molecule has 0 radical (unpaired) electrons. The van der Waals surface area contributed by atoms with Crippen molar-refractivity contribution in [1.29, 1.82) is 0 Å². The van der Waals surface area contributed by atoms with Crippen LogP contribution in [-0.2, 0) is 4.74 Å². The fraction of sp³-hybridized carbons (Fsp3) is 0.409. The van der Waals surface area contributed by atoms with E-state index in [-0.39, 0.29) is 12.0 Å². The van der Waals surface area contributed by atoms with E-state index in [0.717, 1.165) is 23.4 Å². The molecule has 1 unspecified atom stereocenters. The number of morpholine rings is 1. The number of rotatable bonds is 5. The predicted octanol–water partition coefficient (Wildman–Crippen LogP) is 4.79. The average molecular weight is 387 g/mol. The van der Waals surface area contributed by atoms with Gasteiger partial charge in [-0.05, 0) is 62.7 Å². The molecule has 1 saturated heterocycles. The van der Waals surface area contributed by atoms with Crippen LogP contribution < -0.4 is 4.90 Å². The predicted molar refractivity (Wildman–Crippen MR) is 111 cm³/mol. The zero-order chi connectivity index (χ0) is 19.4. The Morgan fingerprint density at radius 1 is 1.19 bits per heavy atom. The minimum Gasteiger partial charge on any atom is -0.370 e. The normalized spacial score (nSPS) is 17.2. The maximum absolute atomic E-state index is 13.0. The van der Waals surface area contributed by atoms with E-state index in [9.17, 15) is 4.79 Å². The summed E-state index contributed by atoms with van der Waals surface area (Å²) in [5, 5.41) is 0.699. The third-order valence-electron chi connectivity index (χ3n) is 5.01. The summed E-state index contributed by atoms with van der Waals surface area (Å²) in [6.07, 6.45) is -0.115. The molecule has 4 nitrogen and oxygen atoms in total. The van der Waals surface area contributed by atoms with Crippen molar-refractivity contribution in [3.8, 4) is 0 Å². The van der Waals surface area contributed by atoms with Gasteiger partial charge in [-0.2, -0.15) is 0 Å². The van der Waals surface area contributed by atoms with Crippen molar-refractivity contribution in [3.05, 3.63) is 64.7 Å². The highest BCUT2D eigenvalue weighted by atomic mass is 35.5. The van der Waals surface area contributed by atoms with Gasteiger partial charge in [0, 0.05) is 35.4 Å². The van der Waals surface area contributed by atoms with E-state index in [0.29, 0.717) is 30.8 Å². The number of ether oxygens (including phenoxy) is 1. The molecule has 144 valence electrons. The first-order valence-electron chi connectivity index (χ1n) is 9.52. The van der Waals surface area contributed by atoms with Crippen LogP contribution in [0.25, 0.3) is 0 Å². The van der Waals surface area contributed by atoms with Gasteiger partial charge in [-0.25, -0.2) is 0 Å². The number of carbonyl (C=O) groups excluding carboxylic acids is 1. The van der Waals surface area contributed by atoms with Gasteiger partial charge in [0.25, 0.3) is 5.91 Å². The van der Waals surface area contributed by atoms with Crippen molar-refractivity contribution in [2.24, 2.45) is 0 Å². The Balaban J connectivity index is 1.70. The molecule has 2 aromatic rings. The highest BCUT2D eigenvalue weighted by Crippen LogP contribution is 2.25. The second-order valence-electron chi connectivity index (χ2n) is 7.09. The molecule has 3 rings (SSSR count). The van der Waals surface area contributed by atoms with E-state index in [1.54, 1.807) is 0 Å². The van der Waals surface area contributed by atoms with Crippen LogP contribution in [0.5, 0.6) is 0 Å². The second kappa shape index (κ2) is 8.77. The van der Waals surface area contributed by atoms with E-state index in [1.165, 1.54) is 0 Å². The summed E-state index contributed by atoms with van der Waals surface area (Å²) in [6.45, 7) is 9.13.